The van der Waals surface area contributed by atoms with Gasteiger partial charge >= 0.3 is 0 Å². The molecule has 2 rings (SSSR count). The zero-order chi connectivity index (χ0) is 19.2. The van der Waals surface area contributed by atoms with Crippen LogP contribution in [0.25, 0.3) is 0 Å². The second kappa shape index (κ2) is 8.94. The number of nitrogens with one attached hydrogen (secondary N) is 1. The number of nitriles is 1. The molecule has 1 fully saturated rings. The molecule has 0 bridgehead atoms. The van der Waals surface area contributed by atoms with Gasteiger partial charge in [-0.15, -0.1) is 6.58 Å². The number of rotatable bonds is 6. The first kappa shape index (κ1) is 20.1. The smallest absolute Gasteiger partial charge is 0.243 e. The minimum absolute atomic E-state index is 0.0371. The molecule has 1 aliphatic rings. The van der Waals surface area contributed by atoms with Crippen molar-refractivity contribution in [2.75, 3.05) is 18.4 Å². The summed E-state index contributed by atoms with van der Waals surface area (Å²) in [6.45, 7) is 4.60. The lowest BCUT2D eigenvalue weighted by molar-refractivity contribution is 0.346. The van der Waals surface area contributed by atoms with Crippen LogP contribution in [-0.2, 0) is 10.0 Å². The summed E-state index contributed by atoms with van der Waals surface area (Å²) in [5, 5.41) is 21.8. The SMILES string of the molecule is C=CCC(O)=C(C#N)C(=S)Nc1ccc(S(=O)(=O)N2CCCCC2)cc1. The van der Waals surface area contributed by atoms with E-state index in [1.165, 1.54) is 22.5 Å². The summed E-state index contributed by atoms with van der Waals surface area (Å²) in [6, 6.07) is 8.05. The summed E-state index contributed by atoms with van der Waals surface area (Å²) in [5.74, 6) is -0.163. The molecule has 138 valence electrons. The monoisotopic (exact) mass is 391 g/mol. The number of thiocarbonyl (C=S) groups is 1. The number of sulfonamides is 1. The van der Waals surface area contributed by atoms with Crippen LogP contribution in [0.15, 0.2) is 53.1 Å². The minimum Gasteiger partial charge on any atom is -0.510 e. The van der Waals surface area contributed by atoms with Crippen molar-refractivity contribution in [3.05, 3.63) is 48.3 Å². The van der Waals surface area contributed by atoms with Gasteiger partial charge in [0.15, 0.2) is 0 Å². The molecule has 0 spiro atoms. The van der Waals surface area contributed by atoms with Crippen LogP contribution >= 0.6 is 12.2 Å². The average Bonchev–Trinajstić information content (AvgIpc) is 2.63. The van der Waals surface area contributed by atoms with Crippen LogP contribution in [0.1, 0.15) is 25.7 Å². The van der Waals surface area contributed by atoms with Crippen molar-refractivity contribution in [3.63, 3.8) is 0 Å². The molecule has 0 aromatic heterocycles. The fourth-order valence-electron chi connectivity index (χ4n) is 2.64. The van der Waals surface area contributed by atoms with E-state index in [2.05, 4.69) is 11.9 Å². The van der Waals surface area contributed by atoms with Crippen LogP contribution in [0.2, 0.25) is 0 Å². The molecule has 6 nitrogen and oxygen atoms in total. The van der Waals surface area contributed by atoms with E-state index < -0.39 is 10.0 Å². The summed E-state index contributed by atoms with van der Waals surface area (Å²) in [7, 11) is -3.49. The predicted molar refractivity (Wildman–Crippen MR) is 105 cm³/mol. The van der Waals surface area contributed by atoms with E-state index in [0.717, 1.165) is 19.3 Å². The molecule has 1 aliphatic heterocycles. The Bertz CT molecular complexity index is 847. The van der Waals surface area contributed by atoms with E-state index >= 15 is 0 Å². The zero-order valence-electron chi connectivity index (χ0n) is 14.3. The highest BCUT2D eigenvalue weighted by Crippen LogP contribution is 2.22. The van der Waals surface area contributed by atoms with E-state index in [9.17, 15) is 13.5 Å². The van der Waals surface area contributed by atoms with Gasteiger partial charge in [-0.1, -0.05) is 24.7 Å². The van der Waals surface area contributed by atoms with Crippen LogP contribution in [0.5, 0.6) is 0 Å². The Morgan fingerprint density at radius 1 is 1.31 bits per heavy atom. The van der Waals surface area contributed by atoms with Crippen LogP contribution < -0.4 is 5.32 Å². The summed E-state index contributed by atoms with van der Waals surface area (Å²) >= 11 is 5.14. The Labute approximate surface area is 159 Å². The highest BCUT2D eigenvalue weighted by molar-refractivity contribution is 7.89. The van der Waals surface area contributed by atoms with Crippen molar-refractivity contribution >= 4 is 32.9 Å². The Kier molecular flexibility index (Phi) is 6.91. The Morgan fingerprint density at radius 3 is 2.46 bits per heavy atom. The number of hydrogen-bond donors (Lipinski definition) is 2. The third-order valence-electron chi connectivity index (χ3n) is 4.03. The van der Waals surface area contributed by atoms with Gasteiger partial charge in [-0.05, 0) is 37.1 Å². The Hall–Kier alpha value is -2.21. The first-order valence-electron chi connectivity index (χ1n) is 8.25. The molecular formula is C18H21N3O3S2. The first-order chi connectivity index (χ1) is 12.4. The van der Waals surface area contributed by atoms with Crippen molar-refractivity contribution in [3.8, 4) is 6.07 Å². The number of piperidine rings is 1. The maximum absolute atomic E-state index is 12.6. The van der Waals surface area contributed by atoms with Gasteiger partial charge < -0.3 is 10.4 Å². The van der Waals surface area contributed by atoms with E-state index in [1.807, 2.05) is 6.07 Å². The quantitative estimate of drug-likeness (QED) is 0.253. The molecule has 26 heavy (non-hydrogen) atoms. The fourth-order valence-corrected chi connectivity index (χ4v) is 4.44. The highest BCUT2D eigenvalue weighted by atomic mass is 32.2. The maximum Gasteiger partial charge on any atom is 0.243 e. The molecule has 0 atom stereocenters. The number of aliphatic hydroxyl groups is 1. The lowest BCUT2D eigenvalue weighted by atomic mass is 10.2. The summed E-state index contributed by atoms with van der Waals surface area (Å²) in [4.78, 5) is 0.292. The topological polar surface area (TPSA) is 93.4 Å². The lowest BCUT2D eigenvalue weighted by Crippen LogP contribution is -2.35. The minimum atomic E-state index is -3.49. The second-order valence-electron chi connectivity index (χ2n) is 5.87. The normalized spacial score (nSPS) is 16.3. The van der Waals surface area contributed by atoms with Gasteiger partial charge in [-0.3, -0.25) is 0 Å². The van der Waals surface area contributed by atoms with Crippen LogP contribution in [0.4, 0.5) is 5.69 Å². The van der Waals surface area contributed by atoms with Crippen molar-refractivity contribution in [2.24, 2.45) is 0 Å². The number of aliphatic hydroxyl groups excluding tert-OH is 1. The van der Waals surface area contributed by atoms with Crippen LogP contribution in [0.3, 0.4) is 0 Å². The van der Waals surface area contributed by atoms with E-state index in [0.29, 0.717) is 18.8 Å². The molecule has 1 aromatic rings. The molecule has 1 saturated heterocycles. The van der Waals surface area contributed by atoms with Crippen molar-refractivity contribution in [1.29, 1.82) is 5.26 Å². The van der Waals surface area contributed by atoms with Crippen molar-refractivity contribution in [2.45, 2.75) is 30.6 Å². The largest absolute Gasteiger partial charge is 0.510 e. The molecular weight excluding hydrogens is 370 g/mol. The van der Waals surface area contributed by atoms with Gasteiger partial charge in [0.05, 0.1) is 4.90 Å². The molecule has 1 heterocycles. The molecule has 0 saturated carbocycles. The zero-order valence-corrected chi connectivity index (χ0v) is 15.9. The Morgan fingerprint density at radius 2 is 1.92 bits per heavy atom. The molecule has 0 radical (unpaired) electrons. The van der Waals surface area contributed by atoms with Crippen molar-refractivity contribution in [1.82, 2.24) is 4.31 Å². The van der Waals surface area contributed by atoms with E-state index in [1.54, 1.807) is 12.1 Å². The molecule has 1 aromatic carbocycles. The van der Waals surface area contributed by atoms with Gasteiger partial charge in [0.25, 0.3) is 0 Å². The standard InChI is InChI=1S/C18H21N3O3S2/c1-2-6-17(22)16(13-19)18(25)20-14-7-9-15(10-8-14)26(23,24)21-11-4-3-5-12-21/h2,7-10,22H,1,3-6,11-12H2,(H,20,25). The number of hydrogen-bond acceptors (Lipinski definition) is 5. The molecule has 2 N–H and O–H groups in total. The van der Waals surface area contributed by atoms with Gasteiger partial charge in [0.1, 0.15) is 22.4 Å². The fraction of sp³-hybridized carbons (Fsp3) is 0.333. The van der Waals surface area contributed by atoms with Gasteiger partial charge in [0.2, 0.25) is 10.0 Å². The maximum atomic E-state index is 12.6. The number of allylic oxidation sites excluding steroid dienone is 1. The van der Waals surface area contributed by atoms with Gasteiger partial charge in [0, 0.05) is 25.2 Å². The molecule has 0 aliphatic carbocycles. The average molecular weight is 392 g/mol. The number of benzene rings is 1. The second-order valence-corrected chi connectivity index (χ2v) is 8.22. The summed E-state index contributed by atoms with van der Waals surface area (Å²) in [6.07, 6.45) is 4.42. The van der Waals surface area contributed by atoms with Gasteiger partial charge in [-0.2, -0.15) is 9.57 Å². The highest BCUT2D eigenvalue weighted by Gasteiger charge is 2.25. The van der Waals surface area contributed by atoms with Gasteiger partial charge in [-0.25, -0.2) is 8.42 Å². The third-order valence-corrected chi connectivity index (χ3v) is 6.25. The molecule has 0 amide bonds. The van der Waals surface area contributed by atoms with E-state index in [4.69, 9.17) is 17.5 Å². The molecule has 8 heteroatoms. The summed E-state index contributed by atoms with van der Waals surface area (Å²) in [5.41, 5.74) is 0.497. The van der Waals surface area contributed by atoms with Crippen LogP contribution in [0, 0.1) is 11.3 Å². The first-order valence-corrected chi connectivity index (χ1v) is 10.1. The van der Waals surface area contributed by atoms with E-state index in [-0.39, 0.29) is 27.6 Å². The molecule has 0 unspecified atom stereocenters. The third kappa shape index (κ3) is 4.69. The predicted octanol–water partition coefficient (Wildman–Crippen LogP) is 3.51. The summed E-state index contributed by atoms with van der Waals surface area (Å²) < 4.78 is 26.8. The van der Waals surface area contributed by atoms with Crippen LogP contribution in [-0.4, -0.2) is 35.9 Å². The number of anilines is 1. The Balaban J connectivity index is 2.14. The lowest BCUT2D eigenvalue weighted by Gasteiger charge is -2.25. The number of nitrogens with zero attached hydrogens (tertiary/aromatic N) is 2. The van der Waals surface area contributed by atoms with Crippen molar-refractivity contribution < 1.29 is 13.5 Å².